The molecule has 1 N–H and O–H groups in total. The van der Waals surface area contributed by atoms with Gasteiger partial charge in [0.15, 0.2) is 0 Å². The Kier molecular flexibility index (Phi) is 5.83. The zero-order valence-electron chi connectivity index (χ0n) is 13.4. The van der Waals surface area contributed by atoms with Crippen molar-refractivity contribution in [2.45, 2.75) is 40.8 Å². The van der Waals surface area contributed by atoms with Crippen molar-refractivity contribution < 1.29 is 4.74 Å². The molecule has 0 aliphatic rings. The van der Waals surface area contributed by atoms with Crippen LogP contribution in [-0.2, 0) is 13.2 Å². The van der Waals surface area contributed by atoms with Crippen molar-refractivity contribution in [3.8, 4) is 5.75 Å². The van der Waals surface area contributed by atoms with Gasteiger partial charge in [-0.15, -0.1) is 11.3 Å². The Morgan fingerprint density at radius 2 is 1.81 bits per heavy atom. The van der Waals surface area contributed by atoms with Gasteiger partial charge in [-0.1, -0.05) is 19.9 Å². The molecule has 21 heavy (non-hydrogen) atoms. The number of ether oxygens (including phenoxy) is 1. The van der Waals surface area contributed by atoms with Gasteiger partial charge in [0, 0.05) is 16.3 Å². The SMILES string of the molecule is Cc1ccc(OCc2ccc(CNCC(C)C)s2)cc1C. The smallest absolute Gasteiger partial charge is 0.122 e. The Morgan fingerprint density at radius 3 is 2.52 bits per heavy atom. The third-order valence-corrected chi connectivity index (χ3v) is 4.49. The molecule has 1 aromatic carbocycles. The van der Waals surface area contributed by atoms with Crippen LogP contribution >= 0.6 is 11.3 Å². The van der Waals surface area contributed by atoms with Gasteiger partial charge in [0.25, 0.3) is 0 Å². The van der Waals surface area contributed by atoms with Crippen LogP contribution in [0.4, 0.5) is 0 Å². The van der Waals surface area contributed by atoms with Gasteiger partial charge in [-0.3, -0.25) is 0 Å². The molecule has 0 saturated carbocycles. The van der Waals surface area contributed by atoms with E-state index in [1.807, 2.05) is 17.4 Å². The van der Waals surface area contributed by atoms with Gasteiger partial charge >= 0.3 is 0 Å². The van der Waals surface area contributed by atoms with E-state index in [2.05, 4.69) is 57.3 Å². The van der Waals surface area contributed by atoms with E-state index in [9.17, 15) is 0 Å². The summed E-state index contributed by atoms with van der Waals surface area (Å²) in [7, 11) is 0. The number of rotatable bonds is 7. The summed E-state index contributed by atoms with van der Waals surface area (Å²) in [6.45, 7) is 11.4. The minimum absolute atomic E-state index is 0.650. The van der Waals surface area contributed by atoms with Crippen molar-refractivity contribution in [2.75, 3.05) is 6.54 Å². The molecule has 0 atom stereocenters. The van der Waals surface area contributed by atoms with Crippen LogP contribution in [0, 0.1) is 19.8 Å². The third-order valence-electron chi connectivity index (χ3n) is 3.43. The summed E-state index contributed by atoms with van der Waals surface area (Å²) in [5.74, 6) is 1.64. The maximum Gasteiger partial charge on any atom is 0.122 e. The second kappa shape index (κ2) is 7.62. The molecule has 1 heterocycles. The van der Waals surface area contributed by atoms with E-state index in [1.54, 1.807) is 0 Å². The number of nitrogens with one attached hydrogen (secondary N) is 1. The first-order chi connectivity index (χ1) is 10.0. The summed E-state index contributed by atoms with van der Waals surface area (Å²) in [4.78, 5) is 2.64. The van der Waals surface area contributed by atoms with E-state index in [1.165, 1.54) is 20.9 Å². The van der Waals surface area contributed by atoms with Crippen LogP contribution in [0.5, 0.6) is 5.75 Å². The minimum Gasteiger partial charge on any atom is -0.488 e. The standard InChI is InChI=1S/C18H25NOS/c1-13(2)10-19-11-17-7-8-18(21-17)12-20-16-6-5-14(3)15(4)9-16/h5-9,13,19H,10-12H2,1-4H3. The molecule has 2 rings (SSSR count). The quantitative estimate of drug-likeness (QED) is 0.801. The minimum atomic E-state index is 0.650. The van der Waals surface area contributed by atoms with Crippen LogP contribution in [0.2, 0.25) is 0 Å². The van der Waals surface area contributed by atoms with Crippen LogP contribution in [0.1, 0.15) is 34.7 Å². The highest BCUT2D eigenvalue weighted by molar-refractivity contribution is 7.11. The first-order valence-electron chi connectivity index (χ1n) is 7.53. The second-order valence-corrected chi connectivity index (χ2v) is 7.18. The van der Waals surface area contributed by atoms with E-state index in [4.69, 9.17) is 4.74 Å². The van der Waals surface area contributed by atoms with Gasteiger partial charge in [-0.25, -0.2) is 0 Å². The Labute approximate surface area is 132 Å². The fraction of sp³-hybridized carbons (Fsp3) is 0.444. The Hall–Kier alpha value is -1.32. The highest BCUT2D eigenvalue weighted by Crippen LogP contribution is 2.21. The van der Waals surface area contributed by atoms with E-state index in [0.717, 1.165) is 18.8 Å². The number of thiophene rings is 1. The van der Waals surface area contributed by atoms with Gasteiger partial charge in [-0.05, 0) is 61.7 Å². The molecule has 0 radical (unpaired) electrons. The molecule has 3 heteroatoms. The lowest BCUT2D eigenvalue weighted by atomic mass is 10.1. The zero-order chi connectivity index (χ0) is 15.2. The monoisotopic (exact) mass is 303 g/mol. The van der Waals surface area contributed by atoms with E-state index < -0.39 is 0 Å². The maximum absolute atomic E-state index is 5.87. The molecule has 0 saturated heterocycles. The summed E-state index contributed by atoms with van der Waals surface area (Å²) in [5, 5.41) is 3.47. The number of benzene rings is 1. The number of hydrogen-bond donors (Lipinski definition) is 1. The predicted octanol–water partition coefficient (Wildman–Crippen LogP) is 4.69. The molecule has 0 aliphatic heterocycles. The average Bonchev–Trinajstić information content (AvgIpc) is 2.88. The summed E-state index contributed by atoms with van der Waals surface area (Å²) in [6, 6.07) is 10.6. The lowest BCUT2D eigenvalue weighted by Gasteiger charge is -2.07. The molecule has 2 aromatic rings. The number of hydrogen-bond acceptors (Lipinski definition) is 3. The van der Waals surface area contributed by atoms with Gasteiger partial charge in [0.2, 0.25) is 0 Å². The number of aryl methyl sites for hydroxylation is 2. The zero-order valence-corrected chi connectivity index (χ0v) is 14.2. The fourth-order valence-electron chi connectivity index (χ4n) is 2.04. The molecule has 0 bridgehead atoms. The largest absolute Gasteiger partial charge is 0.488 e. The van der Waals surface area contributed by atoms with Crippen molar-refractivity contribution >= 4 is 11.3 Å². The highest BCUT2D eigenvalue weighted by Gasteiger charge is 2.03. The van der Waals surface area contributed by atoms with Gasteiger partial charge < -0.3 is 10.1 Å². The molecule has 1 aromatic heterocycles. The molecule has 114 valence electrons. The molecule has 2 nitrogen and oxygen atoms in total. The molecular weight excluding hydrogens is 278 g/mol. The van der Waals surface area contributed by atoms with Crippen LogP contribution in [0.15, 0.2) is 30.3 Å². The lowest BCUT2D eigenvalue weighted by molar-refractivity contribution is 0.309. The first-order valence-corrected chi connectivity index (χ1v) is 8.34. The predicted molar refractivity (Wildman–Crippen MR) is 91.1 cm³/mol. The summed E-state index contributed by atoms with van der Waals surface area (Å²) < 4.78 is 5.87. The van der Waals surface area contributed by atoms with Crippen LogP contribution in [0.25, 0.3) is 0 Å². The second-order valence-electron chi connectivity index (χ2n) is 5.93. The molecular formula is C18H25NOS. The van der Waals surface area contributed by atoms with Crippen molar-refractivity contribution in [3.63, 3.8) is 0 Å². The van der Waals surface area contributed by atoms with Gasteiger partial charge in [0.1, 0.15) is 12.4 Å². The fourth-order valence-corrected chi connectivity index (χ4v) is 2.94. The molecule has 0 unspecified atom stereocenters. The van der Waals surface area contributed by atoms with Gasteiger partial charge in [0.05, 0.1) is 0 Å². The molecule has 0 amide bonds. The normalized spacial score (nSPS) is 11.1. The molecule has 0 fully saturated rings. The summed E-state index contributed by atoms with van der Waals surface area (Å²) in [5.41, 5.74) is 2.58. The Morgan fingerprint density at radius 1 is 1.05 bits per heavy atom. The highest BCUT2D eigenvalue weighted by atomic mass is 32.1. The van der Waals surface area contributed by atoms with E-state index >= 15 is 0 Å². The van der Waals surface area contributed by atoms with E-state index in [-0.39, 0.29) is 0 Å². The van der Waals surface area contributed by atoms with Crippen molar-refractivity contribution in [1.29, 1.82) is 0 Å². The Balaban J connectivity index is 1.83. The topological polar surface area (TPSA) is 21.3 Å². The van der Waals surface area contributed by atoms with Crippen molar-refractivity contribution in [2.24, 2.45) is 5.92 Å². The average molecular weight is 303 g/mol. The summed E-state index contributed by atoms with van der Waals surface area (Å²) >= 11 is 1.82. The maximum atomic E-state index is 5.87. The third kappa shape index (κ3) is 5.18. The van der Waals surface area contributed by atoms with Gasteiger partial charge in [-0.2, -0.15) is 0 Å². The molecule has 0 spiro atoms. The van der Waals surface area contributed by atoms with Crippen LogP contribution < -0.4 is 10.1 Å². The van der Waals surface area contributed by atoms with Crippen molar-refractivity contribution in [1.82, 2.24) is 5.32 Å². The first kappa shape index (κ1) is 16.1. The Bertz CT molecular complexity index is 574. The van der Waals surface area contributed by atoms with Crippen LogP contribution in [0.3, 0.4) is 0 Å². The summed E-state index contributed by atoms with van der Waals surface area (Å²) in [6.07, 6.45) is 0. The molecule has 0 aliphatic carbocycles. The van der Waals surface area contributed by atoms with Crippen LogP contribution in [-0.4, -0.2) is 6.54 Å². The van der Waals surface area contributed by atoms with E-state index in [0.29, 0.717) is 12.5 Å². The lowest BCUT2D eigenvalue weighted by Crippen LogP contribution is -2.18. The van der Waals surface area contributed by atoms with Crippen molar-refractivity contribution in [3.05, 3.63) is 51.2 Å².